The van der Waals surface area contributed by atoms with Crippen molar-refractivity contribution in [1.29, 1.82) is 0 Å². The summed E-state index contributed by atoms with van der Waals surface area (Å²) in [5.74, 6) is 0.255. The fourth-order valence-electron chi connectivity index (χ4n) is 2.02. The van der Waals surface area contributed by atoms with Gasteiger partial charge in [0.05, 0.1) is 6.21 Å². The average Bonchev–Trinajstić information content (AvgIpc) is 2.44. The van der Waals surface area contributed by atoms with Gasteiger partial charge in [0.25, 0.3) is 0 Å². The monoisotopic (exact) mass is 339 g/mol. The maximum absolute atomic E-state index is 12.3. The molecule has 0 saturated carbocycles. The molecule has 0 atom stereocenters. The Kier molecular flexibility index (Phi) is 4.73. The van der Waals surface area contributed by atoms with Gasteiger partial charge in [-0.2, -0.15) is 8.42 Å². The molecule has 2 aromatic rings. The third-order valence-electron chi connectivity index (χ3n) is 2.98. The number of hydrogen-bond donors (Lipinski definition) is 1. The third-order valence-corrected chi connectivity index (χ3v) is 4.47. The van der Waals surface area contributed by atoms with Crippen LogP contribution in [0.2, 0.25) is 5.02 Å². The van der Waals surface area contributed by atoms with Crippen molar-refractivity contribution < 1.29 is 17.8 Å². The van der Waals surface area contributed by atoms with E-state index in [0.29, 0.717) is 21.7 Å². The first-order valence-corrected chi connectivity index (χ1v) is 8.11. The van der Waals surface area contributed by atoms with Gasteiger partial charge in [-0.05, 0) is 66.9 Å². The normalized spacial score (nSPS) is 11.8. The zero-order chi connectivity index (χ0) is 16.3. The van der Waals surface area contributed by atoms with Crippen LogP contribution in [0.4, 0.5) is 0 Å². The van der Waals surface area contributed by atoms with Crippen molar-refractivity contribution in [1.82, 2.24) is 0 Å². The standard InChI is InChI=1S/C15H14ClNO4S/c1-10-7-12(9-17-18)8-11(2)15(10)21-22(19,20)14-5-3-13(16)4-6-14/h3-9,18H,1-2H3/b17-9+. The van der Waals surface area contributed by atoms with E-state index in [-0.39, 0.29) is 10.6 Å². The molecule has 0 amide bonds. The molecule has 116 valence electrons. The minimum Gasteiger partial charge on any atom is -0.411 e. The van der Waals surface area contributed by atoms with Gasteiger partial charge in [0, 0.05) is 5.02 Å². The molecule has 0 aliphatic carbocycles. The van der Waals surface area contributed by atoms with Crippen LogP contribution in [0, 0.1) is 13.8 Å². The molecule has 0 heterocycles. The molecular weight excluding hydrogens is 326 g/mol. The number of benzene rings is 2. The zero-order valence-corrected chi connectivity index (χ0v) is 13.5. The smallest absolute Gasteiger partial charge is 0.339 e. The highest BCUT2D eigenvalue weighted by Gasteiger charge is 2.19. The first-order valence-electron chi connectivity index (χ1n) is 6.32. The summed E-state index contributed by atoms with van der Waals surface area (Å²) in [7, 11) is -3.94. The van der Waals surface area contributed by atoms with E-state index in [1.54, 1.807) is 26.0 Å². The number of hydrogen-bond acceptors (Lipinski definition) is 5. The van der Waals surface area contributed by atoms with Gasteiger partial charge in [0.15, 0.2) is 0 Å². The van der Waals surface area contributed by atoms with E-state index in [1.165, 1.54) is 30.5 Å². The van der Waals surface area contributed by atoms with Crippen LogP contribution < -0.4 is 4.18 Å². The molecule has 22 heavy (non-hydrogen) atoms. The molecule has 1 N–H and O–H groups in total. The molecule has 0 saturated heterocycles. The quantitative estimate of drug-likeness (QED) is 0.400. The van der Waals surface area contributed by atoms with Crippen molar-refractivity contribution in [3.8, 4) is 5.75 Å². The molecule has 0 fully saturated rings. The number of nitrogens with zero attached hydrogens (tertiary/aromatic N) is 1. The Morgan fingerprint density at radius 1 is 1.14 bits per heavy atom. The van der Waals surface area contributed by atoms with Gasteiger partial charge in [-0.3, -0.25) is 0 Å². The summed E-state index contributed by atoms with van der Waals surface area (Å²) in [6.07, 6.45) is 1.26. The molecule has 0 aliphatic rings. The SMILES string of the molecule is Cc1cc(/C=N/O)cc(C)c1OS(=O)(=O)c1ccc(Cl)cc1. The molecule has 2 aromatic carbocycles. The van der Waals surface area contributed by atoms with Crippen molar-refractivity contribution >= 4 is 27.9 Å². The highest BCUT2D eigenvalue weighted by molar-refractivity contribution is 7.87. The summed E-state index contributed by atoms with van der Waals surface area (Å²) < 4.78 is 29.8. The molecule has 0 aromatic heterocycles. The predicted molar refractivity (Wildman–Crippen MR) is 84.6 cm³/mol. The van der Waals surface area contributed by atoms with E-state index in [1.807, 2.05) is 0 Å². The van der Waals surface area contributed by atoms with E-state index in [9.17, 15) is 8.42 Å². The summed E-state index contributed by atoms with van der Waals surface area (Å²) in [5, 5.41) is 12.0. The molecule has 7 heteroatoms. The molecule has 0 aliphatic heterocycles. The Morgan fingerprint density at radius 3 is 2.18 bits per heavy atom. The van der Waals surface area contributed by atoms with E-state index in [4.69, 9.17) is 21.0 Å². The summed E-state index contributed by atoms with van der Waals surface area (Å²) in [4.78, 5) is 0.0247. The number of rotatable bonds is 4. The van der Waals surface area contributed by atoms with E-state index in [0.717, 1.165) is 0 Å². The Morgan fingerprint density at radius 2 is 1.68 bits per heavy atom. The van der Waals surface area contributed by atoms with Gasteiger partial charge in [-0.15, -0.1) is 0 Å². The van der Waals surface area contributed by atoms with Crippen molar-refractivity contribution in [2.45, 2.75) is 18.7 Å². The Bertz CT molecular complexity index is 791. The van der Waals surface area contributed by atoms with Crippen molar-refractivity contribution in [3.63, 3.8) is 0 Å². The molecule has 0 unspecified atom stereocenters. The average molecular weight is 340 g/mol. The van der Waals surface area contributed by atoms with Crippen LogP contribution in [-0.4, -0.2) is 19.8 Å². The fraction of sp³-hybridized carbons (Fsp3) is 0.133. The Balaban J connectivity index is 2.39. The van der Waals surface area contributed by atoms with Crippen LogP contribution in [0.15, 0.2) is 46.4 Å². The fourth-order valence-corrected chi connectivity index (χ4v) is 3.19. The summed E-state index contributed by atoms with van der Waals surface area (Å²) in [6.45, 7) is 3.43. The van der Waals surface area contributed by atoms with Crippen LogP contribution in [0.25, 0.3) is 0 Å². The van der Waals surface area contributed by atoms with Crippen LogP contribution in [0.1, 0.15) is 16.7 Å². The predicted octanol–water partition coefficient (Wildman–Crippen LogP) is 3.53. The van der Waals surface area contributed by atoms with Gasteiger partial charge >= 0.3 is 10.1 Å². The van der Waals surface area contributed by atoms with Gasteiger partial charge < -0.3 is 9.39 Å². The van der Waals surface area contributed by atoms with Gasteiger partial charge in [0.2, 0.25) is 0 Å². The van der Waals surface area contributed by atoms with Crippen LogP contribution in [0.3, 0.4) is 0 Å². The van der Waals surface area contributed by atoms with Crippen LogP contribution in [-0.2, 0) is 10.1 Å². The highest BCUT2D eigenvalue weighted by atomic mass is 35.5. The lowest BCUT2D eigenvalue weighted by Crippen LogP contribution is -2.11. The second kappa shape index (κ2) is 6.37. The van der Waals surface area contributed by atoms with Crippen LogP contribution >= 0.6 is 11.6 Å². The first kappa shape index (κ1) is 16.3. The number of halogens is 1. The first-order chi connectivity index (χ1) is 10.3. The molecular formula is C15H14ClNO4S. The minimum absolute atomic E-state index is 0.0247. The molecule has 5 nitrogen and oxygen atoms in total. The lowest BCUT2D eigenvalue weighted by Gasteiger charge is -2.13. The minimum atomic E-state index is -3.94. The molecule has 2 rings (SSSR count). The van der Waals surface area contributed by atoms with Gasteiger partial charge in [-0.1, -0.05) is 16.8 Å². The van der Waals surface area contributed by atoms with Gasteiger partial charge in [0.1, 0.15) is 10.6 Å². The van der Waals surface area contributed by atoms with E-state index >= 15 is 0 Å². The lowest BCUT2D eigenvalue weighted by molar-refractivity contribution is 0.322. The summed E-state index contributed by atoms with van der Waals surface area (Å²) >= 11 is 5.75. The molecule has 0 bridgehead atoms. The molecule has 0 spiro atoms. The maximum atomic E-state index is 12.3. The zero-order valence-electron chi connectivity index (χ0n) is 11.9. The van der Waals surface area contributed by atoms with E-state index < -0.39 is 10.1 Å². The molecule has 0 radical (unpaired) electrons. The number of aryl methyl sites for hydroxylation is 2. The lowest BCUT2D eigenvalue weighted by atomic mass is 10.1. The largest absolute Gasteiger partial charge is 0.411 e. The topological polar surface area (TPSA) is 76.0 Å². The van der Waals surface area contributed by atoms with Crippen molar-refractivity contribution in [2.75, 3.05) is 0 Å². The highest BCUT2D eigenvalue weighted by Crippen LogP contribution is 2.28. The maximum Gasteiger partial charge on any atom is 0.339 e. The second-order valence-electron chi connectivity index (χ2n) is 4.72. The van der Waals surface area contributed by atoms with Crippen molar-refractivity contribution in [3.05, 3.63) is 58.1 Å². The van der Waals surface area contributed by atoms with E-state index in [2.05, 4.69) is 5.16 Å². The van der Waals surface area contributed by atoms with Crippen molar-refractivity contribution in [2.24, 2.45) is 5.16 Å². The number of oxime groups is 1. The second-order valence-corrected chi connectivity index (χ2v) is 6.70. The Labute approximate surface area is 133 Å². The van der Waals surface area contributed by atoms with Gasteiger partial charge in [-0.25, -0.2) is 0 Å². The third kappa shape index (κ3) is 3.58. The van der Waals surface area contributed by atoms with Crippen LogP contribution in [0.5, 0.6) is 5.75 Å². The summed E-state index contributed by atoms with van der Waals surface area (Å²) in [6, 6.07) is 9.07. The Hall–Kier alpha value is -2.05. The summed E-state index contributed by atoms with van der Waals surface area (Å²) in [5.41, 5.74) is 1.88.